The summed E-state index contributed by atoms with van der Waals surface area (Å²) in [4.78, 5) is 32.3. The number of thiazole rings is 1. The van der Waals surface area contributed by atoms with Gasteiger partial charge in [0.2, 0.25) is 0 Å². The van der Waals surface area contributed by atoms with Gasteiger partial charge < -0.3 is 18.8 Å². The number of para-hydroxylation sites is 1. The Morgan fingerprint density at radius 3 is 2.68 bits per heavy atom. The molecular formula is C28H27N3O5S. The van der Waals surface area contributed by atoms with E-state index in [2.05, 4.69) is 4.99 Å². The van der Waals surface area contributed by atoms with Gasteiger partial charge in [-0.25, -0.2) is 9.79 Å². The number of hydrogen-bond donors (Lipinski definition) is 0. The number of rotatable bonds is 6. The standard InChI is InChI=1S/C28H27N3O5S/c1-6-36-27(33)24-16(2)29-28-31(25(24)20-14-18(34-4)11-12-22(20)35-5)26(32)23(37-28)13-17-15-30(3)21-10-8-7-9-19(17)21/h7-15,25H,6H2,1-5H3/b23-13+/t25-/m0/s1. The Labute approximate surface area is 217 Å². The van der Waals surface area contributed by atoms with E-state index in [4.69, 9.17) is 14.2 Å². The molecule has 8 nitrogen and oxygen atoms in total. The molecular weight excluding hydrogens is 490 g/mol. The minimum atomic E-state index is -0.796. The van der Waals surface area contributed by atoms with Gasteiger partial charge in [-0.05, 0) is 44.2 Å². The third kappa shape index (κ3) is 4.15. The van der Waals surface area contributed by atoms with E-state index in [0.717, 1.165) is 16.5 Å². The number of aromatic nitrogens is 2. The van der Waals surface area contributed by atoms with Crippen LogP contribution in [0.5, 0.6) is 11.5 Å². The van der Waals surface area contributed by atoms with Crippen LogP contribution in [0.4, 0.5) is 0 Å². The molecule has 2 aromatic heterocycles. The van der Waals surface area contributed by atoms with Gasteiger partial charge in [0.05, 0.1) is 36.6 Å². The van der Waals surface area contributed by atoms with Gasteiger partial charge in [0.15, 0.2) is 4.80 Å². The van der Waals surface area contributed by atoms with Gasteiger partial charge in [-0.3, -0.25) is 9.36 Å². The maximum atomic E-state index is 14.0. The highest BCUT2D eigenvalue weighted by Crippen LogP contribution is 2.37. The first kappa shape index (κ1) is 24.6. The number of methoxy groups -OCH3 is 2. The summed E-state index contributed by atoms with van der Waals surface area (Å²) in [5, 5.41) is 1.05. The van der Waals surface area contributed by atoms with Crippen LogP contribution < -0.4 is 24.4 Å². The number of ether oxygens (including phenoxy) is 3. The molecule has 0 saturated heterocycles. The number of allylic oxidation sites excluding steroid dienone is 1. The zero-order valence-electron chi connectivity index (χ0n) is 21.3. The number of esters is 1. The predicted octanol–water partition coefficient (Wildman–Crippen LogP) is 3.31. The van der Waals surface area contributed by atoms with Gasteiger partial charge in [-0.1, -0.05) is 29.5 Å². The average Bonchev–Trinajstić information content (AvgIpc) is 3.38. The lowest BCUT2D eigenvalue weighted by Crippen LogP contribution is -2.40. The lowest BCUT2D eigenvalue weighted by Gasteiger charge is -2.26. The molecule has 0 amide bonds. The van der Waals surface area contributed by atoms with Crippen molar-refractivity contribution in [3.8, 4) is 11.5 Å². The van der Waals surface area contributed by atoms with Crippen molar-refractivity contribution in [2.75, 3.05) is 20.8 Å². The quantitative estimate of drug-likeness (QED) is 0.367. The highest BCUT2D eigenvalue weighted by atomic mass is 32.1. The summed E-state index contributed by atoms with van der Waals surface area (Å²) in [6.45, 7) is 3.70. The Bertz CT molecular complexity index is 1740. The van der Waals surface area contributed by atoms with Crippen LogP contribution in [0.15, 0.2) is 69.7 Å². The highest BCUT2D eigenvalue weighted by molar-refractivity contribution is 7.07. The molecule has 1 aliphatic heterocycles. The van der Waals surface area contributed by atoms with E-state index in [-0.39, 0.29) is 17.7 Å². The van der Waals surface area contributed by atoms with Crippen LogP contribution >= 0.6 is 11.3 Å². The third-order valence-corrected chi connectivity index (χ3v) is 7.45. The van der Waals surface area contributed by atoms with Gasteiger partial charge >= 0.3 is 5.97 Å². The van der Waals surface area contributed by atoms with Gasteiger partial charge in [0.1, 0.15) is 17.5 Å². The van der Waals surface area contributed by atoms with Crippen molar-refractivity contribution >= 4 is 34.3 Å². The Balaban J connectivity index is 1.79. The number of benzene rings is 2. The molecule has 0 N–H and O–H groups in total. The number of aryl methyl sites for hydroxylation is 1. The maximum absolute atomic E-state index is 14.0. The fourth-order valence-corrected chi connectivity index (χ4v) is 5.81. The first-order valence-corrected chi connectivity index (χ1v) is 12.6. The molecule has 0 bridgehead atoms. The summed E-state index contributed by atoms with van der Waals surface area (Å²) in [7, 11) is 5.09. The van der Waals surface area contributed by atoms with E-state index in [1.54, 1.807) is 50.8 Å². The zero-order chi connectivity index (χ0) is 26.3. The monoisotopic (exact) mass is 517 g/mol. The Hall–Kier alpha value is -4.11. The molecule has 4 aromatic rings. The molecule has 0 aliphatic carbocycles. The molecule has 1 aliphatic rings. The SMILES string of the molecule is CCOC(=O)C1=C(C)N=c2s/c(=C/c3cn(C)c4ccccc34)c(=O)n2[C@H]1c1cc(OC)ccc1OC. The second-order valence-electron chi connectivity index (χ2n) is 8.62. The van der Waals surface area contributed by atoms with Crippen LogP contribution in [-0.2, 0) is 16.6 Å². The molecule has 0 radical (unpaired) electrons. The zero-order valence-corrected chi connectivity index (χ0v) is 22.1. The minimum Gasteiger partial charge on any atom is -0.497 e. The lowest BCUT2D eigenvalue weighted by molar-refractivity contribution is -0.139. The molecule has 1 atom stereocenters. The minimum absolute atomic E-state index is 0.198. The molecule has 190 valence electrons. The van der Waals surface area contributed by atoms with Crippen molar-refractivity contribution < 1.29 is 19.0 Å². The van der Waals surface area contributed by atoms with E-state index in [0.29, 0.717) is 32.1 Å². The normalized spacial score (nSPS) is 15.5. The topological polar surface area (TPSA) is 84.1 Å². The van der Waals surface area contributed by atoms with Crippen LogP contribution in [0.25, 0.3) is 17.0 Å². The van der Waals surface area contributed by atoms with Crippen molar-refractivity contribution in [3.63, 3.8) is 0 Å². The number of hydrogen-bond acceptors (Lipinski definition) is 7. The van der Waals surface area contributed by atoms with Crippen LogP contribution in [0.1, 0.15) is 31.0 Å². The van der Waals surface area contributed by atoms with Crippen molar-refractivity contribution in [1.29, 1.82) is 0 Å². The summed E-state index contributed by atoms with van der Waals surface area (Å²) in [6, 6.07) is 12.6. The van der Waals surface area contributed by atoms with Crippen LogP contribution in [-0.4, -0.2) is 35.9 Å². The molecule has 5 rings (SSSR count). The summed E-state index contributed by atoms with van der Waals surface area (Å²) >= 11 is 1.29. The number of carbonyl (C=O) groups excluding carboxylic acids is 1. The Morgan fingerprint density at radius 2 is 1.95 bits per heavy atom. The fourth-order valence-electron chi connectivity index (χ4n) is 4.77. The molecule has 0 unspecified atom stereocenters. The van der Waals surface area contributed by atoms with Crippen LogP contribution in [0.3, 0.4) is 0 Å². The molecule has 3 heterocycles. The van der Waals surface area contributed by atoms with Gasteiger partial charge in [-0.2, -0.15) is 0 Å². The molecule has 0 saturated carbocycles. The van der Waals surface area contributed by atoms with Crippen LogP contribution in [0, 0.1) is 0 Å². The van der Waals surface area contributed by atoms with Gasteiger partial charge in [-0.15, -0.1) is 0 Å². The molecule has 0 fully saturated rings. The molecule has 37 heavy (non-hydrogen) atoms. The van der Waals surface area contributed by atoms with Crippen molar-refractivity contribution in [2.45, 2.75) is 19.9 Å². The number of nitrogens with zero attached hydrogens (tertiary/aromatic N) is 3. The third-order valence-electron chi connectivity index (χ3n) is 6.46. The summed E-state index contributed by atoms with van der Waals surface area (Å²) in [5.74, 6) is 0.569. The van der Waals surface area contributed by atoms with E-state index in [9.17, 15) is 9.59 Å². The van der Waals surface area contributed by atoms with Crippen LogP contribution in [0.2, 0.25) is 0 Å². The second-order valence-corrected chi connectivity index (χ2v) is 9.63. The molecule has 0 spiro atoms. The summed E-state index contributed by atoms with van der Waals surface area (Å²) in [6.07, 6.45) is 3.89. The smallest absolute Gasteiger partial charge is 0.338 e. The first-order chi connectivity index (χ1) is 17.9. The Kier molecular flexibility index (Phi) is 6.47. The highest BCUT2D eigenvalue weighted by Gasteiger charge is 2.35. The van der Waals surface area contributed by atoms with Crippen molar-refractivity contribution in [1.82, 2.24) is 9.13 Å². The molecule has 9 heteroatoms. The van der Waals surface area contributed by atoms with E-state index in [1.807, 2.05) is 48.2 Å². The number of carbonyl (C=O) groups is 1. The average molecular weight is 518 g/mol. The summed E-state index contributed by atoms with van der Waals surface area (Å²) in [5.41, 5.74) is 3.14. The van der Waals surface area contributed by atoms with E-state index >= 15 is 0 Å². The van der Waals surface area contributed by atoms with Gasteiger partial charge in [0, 0.05) is 35.3 Å². The summed E-state index contributed by atoms with van der Waals surface area (Å²) < 4.78 is 20.6. The Morgan fingerprint density at radius 1 is 1.16 bits per heavy atom. The number of fused-ring (bicyclic) bond motifs is 2. The maximum Gasteiger partial charge on any atom is 0.338 e. The van der Waals surface area contributed by atoms with Crippen molar-refractivity contribution in [3.05, 3.63) is 90.7 Å². The fraction of sp³-hybridized carbons (Fsp3) is 0.250. The van der Waals surface area contributed by atoms with E-state index < -0.39 is 12.0 Å². The molecule has 2 aromatic carbocycles. The second kappa shape index (κ2) is 9.74. The lowest BCUT2D eigenvalue weighted by atomic mass is 9.94. The first-order valence-electron chi connectivity index (χ1n) is 11.8. The van der Waals surface area contributed by atoms with E-state index in [1.165, 1.54) is 11.3 Å². The van der Waals surface area contributed by atoms with Crippen molar-refractivity contribution in [2.24, 2.45) is 12.0 Å². The largest absolute Gasteiger partial charge is 0.497 e. The predicted molar refractivity (Wildman–Crippen MR) is 143 cm³/mol. The van der Waals surface area contributed by atoms with Gasteiger partial charge in [0.25, 0.3) is 5.56 Å².